The van der Waals surface area contributed by atoms with Crippen LogP contribution in [-0.4, -0.2) is 15.5 Å². The summed E-state index contributed by atoms with van der Waals surface area (Å²) in [6.45, 7) is 3.89. The molecular formula is C16H20N2O2S. The lowest BCUT2D eigenvalue weighted by molar-refractivity contribution is 0.593. The lowest BCUT2D eigenvalue weighted by Crippen LogP contribution is -2.28. The van der Waals surface area contributed by atoms with Crippen molar-refractivity contribution in [2.75, 3.05) is 17.1 Å². The summed E-state index contributed by atoms with van der Waals surface area (Å²) >= 11 is 0. The van der Waals surface area contributed by atoms with Gasteiger partial charge < -0.3 is 5.73 Å². The molecule has 0 bridgehead atoms. The van der Waals surface area contributed by atoms with E-state index in [1.54, 1.807) is 31.3 Å². The van der Waals surface area contributed by atoms with Crippen LogP contribution in [0, 0.1) is 13.8 Å². The van der Waals surface area contributed by atoms with Crippen molar-refractivity contribution in [3.05, 3.63) is 59.2 Å². The molecule has 112 valence electrons. The molecule has 0 aromatic heterocycles. The van der Waals surface area contributed by atoms with E-state index in [1.807, 2.05) is 32.0 Å². The molecule has 0 aliphatic heterocycles. The van der Waals surface area contributed by atoms with Crippen molar-refractivity contribution in [3.8, 4) is 0 Å². The third-order valence-electron chi connectivity index (χ3n) is 3.50. The number of hydrogen-bond acceptors (Lipinski definition) is 3. The van der Waals surface area contributed by atoms with Gasteiger partial charge in [-0.1, -0.05) is 35.9 Å². The van der Waals surface area contributed by atoms with Gasteiger partial charge in [-0.25, -0.2) is 8.42 Å². The lowest BCUT2D eigenvalue weighted by atomic mass is 10.1. The standard InChI is InChI=1S/C16H20N2O2S/c1-12-8-9-16(13(2)10-12)18(3)21(19,20)11-14-6-4-5-7-15(14)17/h4-10H,11,17H2,1-3H3. The Morgan fingerprint density at radius 2 is 1.76 bits per heavy atom. The largest absolute Gasteiger partial charge is 0.398 e. The number of sulfonamides is 1. The Bertz CT molecular complexity index is 755. The summed E-state index contributed by atoms with van der Waals surface area (Å²) < 4.78 is 26.4. The highest BCUT2D eigenvalue weighted by Crippen LogP contribution is 2.25. The van der Waals surface area contributed by atoms with Gasteiger partial charge in [0.15, 0.2) is 0 Å². The van der Waals surface area contributed by atoms with Crippen molar-refractivity contribution < 1.29 is 8.42 Å². The number of nitrogens with zero attached hydrogens (tertiary/aromatic N) is 1. The van der Waals surface area contributed by atoms with Gasteiger partial charge in [0.25, 0.3) is 0 Å². The smallest absolute Gasteiger partial charge is 0.239 e. The minimum Gasteiger partial charge on any atom is -0.398 e. The second kappa shape index (κ2) is 5.77. The van der Waals surface area contributed by atoms with E-state index in [0.717, 1.165) is 11.1 Å². The van der Waals surface area contributed by atoms with Gasteiger partial charge in [0, 0.05) is 12.7 Å². The van der Waals surface area contributed by atoms with Gasteiger partial charge in [-0.2, -0.15) is 0 Å². The fourth-order valence-electron chi connectivity index (χ4n) is 2.27. The SMILES string of the molecule is Cc1ccc(N(C)S(=O)(=O)Cc2ccccc2N)c(C)c1. The Balaban J connectivity index is 2.33. The molecule has 2 N–H and O–H groups in total. The number of nitrogens with two attached hydrogens (primary N) is 1. The zero-order chi connectivity index (χ0) is 15.6. The average molecular weight is 304 g/mol. The highest BCUT2D eigenvalue weighted by Gasteiger charge is 2.21. The third-order valence-corrected chi connectivity index (χ3v) is 5.21. The van der Waals surface area contributed by atoms with E-state index < -0.39 is 10.0 Å². The van der Waals surface area contributed by atoms with Gasteiger partial charge in [0.05, 0.1) is 11.4 Å². The Kier molecular flexibility index (Phi) is 4.23. The van der Waals surface area contributed by atoms with Crippen molar-refractivity contribution in [2.24, 2.45) is 0 Å². The number of para-hydroxylation sites is 1. The first kappa shape index (κ1) is 15.4. The van der Waals surface area contributed by atoms with Crippen LogP contribution in [-0.2, 0) is 15.8 Å². The number of rotatable bonds is 4. The van der Waals surface area contributed by atoms with Crippen LogP contribution in [0.25, 0.3) is 0 Å². The van der Waals surface area contributed by atoms with Crippen LogP contribution in [0.3, 0.4) is 0 Å². The Morgan fingerprint density at radius 1 is 1.10 bits per heavy atom. The lowest BCUT2D eigenvalue weighted by Gasteiger charge is -2.22. The van der Waals surface area contributed by atoms with Crippen molar-refractivity contribution in [2.45, 2.75) is 19.6 Å². The third kappa shape index (κ3) is 3.36. The van der Waals surface area contributed by atoms with Crippen molar-refractivity contribution in [3.63, 3.8) is 0 Å². The van der Waals surface area contributed by atoms with E-state index in [2.05, 4.69) is 0 Å². The van der Waals surface area contributed by atoms with Gasteiger partial charge in [0.1, 0.15) is 0 Å². The monoisotopic (exact) mass is 304 g/mol. The highest BCUT2D eigenvalue weighted by molar-refractivity contribution is 7.92. The molecule has 0 heterocycles. The summed E-state index contributed by atoms with van der Waals surface area (Å²) in [5.74, 6) is -0.108. The van der Waals surface area contributed by atoms with E-state index in [0.29, 0.717) is 16.9 Å². The number of benzene rings is 2. The van der Waals surface area contributed by atoms with Gasteiger partial charge in [-0.15, -0.1) is 0 Å². The molecule has 0 saturated carbocycles. The summed E-state index contributed by atoms with van der Waals surface area (Å²) in [7, 11) is -1.90. The first-order chi connectivity index (χ1) is 9.81. The zero-order valence-electron chi connectivity index (χ0n) is 12.5. The molecule has 0 amide bonds. The molecule has 5 heteroatoms. The summed E-state index contributed by atoms with van der Waals surface area (Å²) in [5, 5.41) is 0. The maximum atomic E-state index is 12.6. The molecule has 2 aromatic rings. The molecule has 0 saturated heterocycles. The molecule has 0 unspecified atom stereocenters. The molecule has 2 aromatic carbocycles. The second-order valence-electron chi connectivity index (χ2n) is 5.21. The van der Waals surface area contributed by atoms with Crippen LogP contribution in [0.4, 0.5) is 11.4 Å². The normalized spacial score (nSPS) is 11.4. The van der Waals surface area contributed by atoms with Gasteiger partial charge >= 0.3 is 0 Å². The zero-order valence-corrected chi connectivity index (χ0v) is 13.3. The molecule has 0 spiro atoms. The number of anilines is 2. The summed E-state index contributed by atoms with van der Waals surface area (Å²) in [4.78, 5) is 0. The quantitative estimate of drug-likeness (QED) is 0.883. The molecule has 0 radical (unpaired) electrons. The van der Waals surface area contributed by atoms with E-state index in [1.165, 1.54) is 4.31 Å². The predicted molar refractivity (Wildman–Crippen MR) is 87.8 cm³/mol. The first-order valence-corrected chi connectivity index (χ1v) is 8.29. The first-order valence-electron chi connectivity index (χ1n) is 6.68. The molecule has 4 nitrogen and oxygen atoms in total. The van der Waals surface area contributed by atoms with Crippen LogP contribution >= 0.6 is 0 Å². The number of nitrogen functional groups attached to an aromatic ring is 1. The number of aryl methyl sites for hydroxylation is 2. The van der Waals surface area contributed by atoms with Crippen molar-refractivity contribution in [1.82, 2.24) is 0 Å². The molecule has 0 aliphatic carbocycles. The van der Waals surface area contributed by atoms with Crippen LogP contribution in [0.2, 0.25) is 0 Å². The molecule has 0 fully saturated rings. The fraction of sp³-hybridized carbons (Fsp3) is 0.250. The molecule has 21 heavy (non-hydrogen) atoms. The molecule has 0 atom stereocenters. The van der Waals surface area contributed by atoms with Crippen LogP contribution in [0.5, 0.6) is 0 Å². The topological polar surface area (TPSA) is 63.4 Å². The predicted octanol–water partition coefficient (Wildman–Crippen LogP) is 2.85. The van der Waals surface area contributed by atoms with E-state index in [9.17, 15) is 8.42 Å². The Labute approximate surface area is 126 Å². The molecule has 0 aliphatic rings. The van der Waals surface area contributed by atoms with Crippen LogP contribution in [0.1, 0.15) is 16.7 Å². The summed E-state index contributed by atoms with van der Waals surface area (Å²) in [6.07, 6.45) is 0. The minimum atomic E-state index is -3.47. The molecular weight excluding hydrogens is 284 g/mol. The average Bonchev–Trinajstić information content (AvgIpc) is 2.40. The number of hydrogen-bond donors (Lipinski definition) is 1. The van der Waals surface area contributed by atoms with Gasteiger partial charge in [-0.3, -0.25) is 4.31 Å². The maximum Gasteiger partial charge on any atom is 0.239 e. The van der Waals surface area contributed by atoms with Gasteiger partial charge in [0.2, 0.25) is 10.0 Å². The minimum absolute atomic E-state index is 0.108. The van der Waals surface area contributed by atoms with Crippen molar-refractivity contribution in [1.29, 1.82) is 0 Å². The van der Waals surface area contributed by atoms with E-state index in [4.69, 9.17) is 5.73 Å². The summed E-state index contributed by atoms with van der Waals surface area (Å²) in [5.41, 5.74) is 9.68. The van der Waals surface area contributed by atoms with E-state index >= 15 is 0 Å². The Morgan fingerprint density at radius 3 is 2.38 bits per heavy atom. The van der Waals surface area contributed by atoms with Crippen molar-refractivity contribution >= 4 is 21.4 Å². The van der Waals surface area contributed by atoms with Crippen LogP contribution in [0.15, 0.2) is 42.5 Å². The van der Waals surface area contributed by atoms with E-state index in [-0.39, 0.29) is 5.75 Å². The second-order valence-corrected chi connectivity index (χ2v) is 7.21. The fourth-order valence-corrected chi connectivity index (χ4v) is 3.62. The molecule has 2 rings (SSSR count). The van der Waals surface area contributed by atoms with Gasteiger partial charge in [-0.05, 0) is 37.1 Å². The maximum absolute atomic E-state index is 12.6. The Hall–Kier alpha value is -2.01. The summed E-state index contributed by atoms with van der Waals surface area (Å²) in [6, 6.07) is 12.7. The van der Waals surface area contributed by atoms with Crippen LogP contribution < -0.4 is 10.0 Å². The highest BCUT2D eigenvalue weighted by atomic mass is 32.2.